The van der Waals surface area contributed by atoms with Crippen LogP contribution in [-0.2, 0) is 16.1 Å². The first kappa shape index (κ1) is 16.7. The van der Waals surface area contributed by atoms with Crippen molar-refractivity contribution in [2.45, 2.75) is 38.3 Å². The van der Waals surface area contributed by atoms with Gasteiger partial charge in [-0.1, -0.05) is 23.7 Å². The van der Waals surface area contributed by atoms with Gasteiger partial charge < -0.3 is 10.1 Å². The third-order valence-electron chi connectivity index (χ3n) is 4.72. The molecule has 126 valence electrons. The van der Waals surface area contributed by atoms with Crippen LogP contribution in [0.25, 0.3) is 0 Å². The molecule has 2 heterocycles. The summed E-state index contributed by atoms with van der Waals surface area (Å²) in [5.41, 5.74) is 1.25. The lowest BCUT2D eigenvalue weighted by Crippen LogP contribution is -2.44. The molecule has 1 amide bonds. The van der Waals surface area contributed by atoms with Crippen LogP contribution in [0.2, 0.25) is 5.02 Å². The number of carbonyl (C=O) groups is 1. The zero-order valence-corrected chi connectivity index (χ0v) is 14.2. The summed E-state index contributed by atoms with van der Waals surface area (Å²) in [5.74, 6) is 0.277. The summed E-state index contributed by atoms with van der Waals surface area (Å²) in [6, 6.07) is 7.96. The van der Waals surface area contributed by atoms with Gasteiger partial charge in [0.25, 0.3) is 0 Å². The predicted molar refractivity (Wildman–Crippen MR) is 91.4 cm³/mol. The molecule has 5 heteroatoms. The summed E-state index contributed by atoms with van der Waals surface area (Å²) >= 11 is 5.93. The Bertz CT molecular complexity index is 514. The molecule has 1 N–H and O–H groups in total. The lowest BCUT2D eigenvalue weighted by atomic mass is 9.96. The van der Waals surface area contributed by atoms with Crippen molar-refractivity contribution in [1.29, 1.82) is 0 Å². The molecule has 23 heavy (non-hydrogen) atoms. The second-order valence-electron chi connectivity index (χ2n) is 6.58. The zero-order valence-electron chi connectivity index (χ0n) is 13.5. The molecule has 0 aromatic heterocycles. The molecular formula is C18H25ClN2O2. The Hall–Kier alpha value is -1.10. The fourth-order valence-corrected chi connectivity index (χ4v) is 3.55. The van der Waals surface area contributed by atoms with Crippen molar-refractivity contribution in [3.05, 3.63) is 34.9 Å². The maximum atomic E-state index is 12.4. The number of hydrogen-bond acceptors (Lipinski definition) is 3. The number of piperidine rings is 1. The Balaban J connectivity index is 1.46. The number of hydrogen-bond donors (Lipinski definition) is 1. The number of ether oxygens (including phenoxy) is 1. The highest BCUT2D eigenvalue weighted by Crippen LogP contribution is 2.20. The molecule has 2 aliphatic rings. The quantitative estimate of drug-likeness (QED) is 0.899. The van der Waals surface area contributed by atoms with Gasteiger partial charge in [0.2, 0.25) is 5.91 Å². The van der Waals surface area contributed by atoms with E-state index in [0.717, 1.165) is 56.9 Å². The first-order valence-corrected chi connectivity index (χ1v) is 8.94. The summed E-state index contributed by atoms with van der Waals surface area (Å²) < 4.78 is 5.56. The lowest BCUT2D eigenvalue weighted by Gasteiger charge is -2.32. The van der Waals surface area contributed by atoms with Crippen molar-refractivity contribution in [3.63, 3.8) is 0 Å². The highest BCUT2D eigenvalue weighted by atomic mass is 35.5. The molecule has 2 aliphatic heterocycles. The summed E-state index contributed by atoms with van der Waals surface area (Å²) in [5, 5.41) is 3.84. The van der Waals surface area contributed by atoms with Crippen LogP contribution in [0.4, 0.5) is 0 Å². The molecule has 0 unspecified atom stereocenters. The zero-order chi connectivity index (χ0) is 16.1. The van der Waals surface area contributed by atoms with E-state index in [9.17, 15) is 4.79 Å². The van der Waals surface area contributed by atoms with Gasteiger partial charge in [-0.25, -0.2) is 0 Å². The highest BCUT2D eigenvalue weighted by Gasteiger charge is 2.26. The summed E-state index contributed by atoms with van der Waals surface area (Å²) in [7, 11) is 0. The largest absolute Gasteiger partial charge is 0.376 e. The molecule has 1 aromatic carbocycles. The Labute approximate surface area is 143 Å². The normalized spacial score (nSPS) is 25.4. The Kier molecular flexibility index (Phi) is 5.92. The average Bonchev–Trinajstić information content (AvgIpc) is 3.08. The van der Waals surface area contributed by atoms with Crippen LogP contribution in [0.1, 0.15) is 31.2 Å². The van der Waals surface area contributed by atoms with Gasteiger partial charge in [-0.2, -0.15) is 0 Å². The van der Waals surface area contributed by atoms with Gasteiger partial charge in [0.05, 0.1) is 12.0 Å². The maximum Gasteiger partial charge on any atom is 0.224 e. The minimum Gasteiger partial charge on any atom is -0.376 e. The number of nitrogens with zero attached hydrogens (tertiary/aromatic N) is 1. The number of rotatable bonds is 5. The van der Waals surface area contributed by atoms with Gasteiger partial charge >= 0.3 is 0 Å². The van der Waals surface area contributed by atoms with Gasteiger partial charge in [0.1, 0.15) is 0 Å². The van der Waals surface area contributed by atoms with Crippen LogP contribution in [0.3, 0.4) is 0 Å². The van der Waals surface area contributed by atoms with Crippen molar-refractivity contribution in [2.24, 2.45) is 5.92 Å². The fourth-order valence-electron chi connectivity index (χ4n) is 3.43. The van der Waals surface area contributed by atoms with E-state index < -0.39 is 0 Å². The Morgan fingerprint density at radius 2 is 2.09 bits per heavy atom. The van der Waals surface area contributed by atoms with E-state index in [1.807, 2.05) is 12.1 Å². The second kappa shape index (κ2) is 8.13. The summed E-state index contributed by atoms with van der Waals surface area (Å²) in [4.78, 5) is 14.8. The van der Waals surface area contributed by atoms with Crippen molar-refractivity contribution >= 4 is 17.5 Å². The van der Waals surface area contributed by atoms with Crippen LogP contribution in [-0.4, -0.2) is 43.2 Å². The van der Waals surface area contributed by atoms with Crippen LogP contribution in [0.15, 0.2) is 24.3 Å². The molecule has 0 spiro atoms. The van der Waals surface area contributed by atoms with E-state index >= 15 is 0 Å². The molecule has 0 radical (unpaired) electrons. The van der Waals surface area contributed by atoms with E-state index in [2.05, 4.69) is 22.3 Å². The van der Waals surface area contributed by atoms with Crippen LogP contribution >= 0.6 is 11.6 Å². The van der Waals surface area contributed by atoms with E-state index in [4.69, 9.17) is 16.3 Å². The van der Waals surface area contributed by atoms with Gasteiger partial charge in [-0.15, -0.1) is 0 Å². The summed E-state index contributed by atoms with van der Waals surface area (Å²) in [6.45, 7) is 4.26. The van der Waals surface area contributed by atoms with Crippen molar-refractivity contribution in [2.75, 3.05) is 26.2 Å². The number of nitrogens with one attached hydrogen (secondary N) is 1. The van der Waals surface area contributed by atoms with E-state index in [1.54, 1.807) is 0 Å². The first-order chi connectivity index (χ1) is 11.2. The number of likely N-dealkylation sites (tertiary alicyclic amines) is 1. The van der Waals surface area contributed by atoms with Gasteiger partial charge in [0.15, 0.2) is 0 Å². The molecular weight excluding hydrogens is 312 g/mol. The van der Waals surface area contributed by atoms with E-state index in [-0.39, 0.29) is 17.9 Å². The average molecular weight is 337 g/mol. The third-order valence-corrected chi connectivity index (χ3v) is 4.98. The number of benzene rings is 1. The van der Waals surface area contributed by atoms with Gasteiger partial charge in [-0.3, -0.25) is 9.69 Å². The number of amides is 1. The molecule has 2 saturated heterocycles. The highest BCUT2D eigenvalue weighted by molar-refractivity contribution is 6.30. The molecule has 3 rings (SSSR count). The van der Waals surface area contributed by atoms with Crippen LogP contribution in [0.5, 0.6) is 0 Å². The van der Waals surface area contributed by atoms with E-state index in [0.29, 0.717) is 6.54 Å². The smallest absolute Gasteiger partial charge is 0.224 e. The Morgan fingerprint density at radius 1 is 1.26 bits per heavy atom. The molecule has 2 fully saturated rings. The maximum absolute atomic E-state index is 12.4. The molecule has 2 atom stereocenters. The standard InChI is InChI=1S/C18H25ClN2O2/c19-16-7-5-14(6-8-16)12-21-9-1-3-15(13-21)18(22)20-11-17-4-2-10-23-17/h5-8,15,17H,1-4,9-13H2,(H,20,22)/t15-,17+/m0/s1. The van der Waals surface area contributed by atoms with Crippen molar-refractivity contribution in [1.82, 2.24) is 10.2 Å². The lowest BCUT2D eigenvalue weighted by molar-refractivity contribution is -0.127. The van der Waals surface area contributed by atoms with Crippen LogP contribution < -0.4 is 5.32 Å². The predicted octanol–water partition coefficient (Wildman–Crippen LogP) is 2.85. The first-order valence-electron chi connectivity index (χ1n) is 8.57. The minimum absolute atomic E-state index is 0.0949. The van der Waals surface area contributed by atoms with Crippen molar-refractivity contribution in [3.8, 4) is 0 Å². The van der Waals surface area contributed by atoms with Crippen molar-refractivity contribution < 1.29 is 9.53 Å². The minimum atomic E-state index is 0.0949. The van der Waals surface area contributed by atoms with Gasteiger partial charge in [-0.05, 0) is 49.9 Å². The third kappa shape index (κ3) is 4.93. The van der Waals surface area contributed by atoms with Gasteiger partial charge in [0, 0.05) is 31.3 Å². The monoisotopic (exact) mass is 336 g/mol. The van der Waals surface area contributed by atoms with Crippen LogP contribution in [0, 0.1) is 5.92 Å². The van der Waals surface area contributed by atoms with E-state index in [1.165, 1.54) is 5.56 Å². The Morgan fingerprint density at radius 3 is 2.83 bits per heavy atom. The molecule has 0 bridgehead atoms. The number of halogens is 1. The topological polar surface area (TPSA) is 41.6 Å². The number of carbonyl (C=O) groups excluding carboxylic acids is 1. The molecule has 4 nitrogen and oxygen atoms in total. The SMILES string of the molecule is O=C(NC[C@H]1CCCO1)[C@H]1CCCN(Cc2ccc(Cl)cc2)C1. The molecule has 1 aromatic rings. The fraction of sp³-hybridized carbons (Fsp3) is 0.611. The summed E-state index contributed by atoms with van der Waals surface area (Å²) in [6.07, 6.45) is 4.44. The second-order valence-corrected chi connectivity index (χ2v) is 7.02. The molecule has 0 aliphatic carbocycles. The molecule has 0 saturated carbocycles.